The molecule has 0 bridgehead atoms. The fourth-order valence-electron chi connectivity index (χ4n) is 0.953. The van der Waals surface area contributed by atoms with Crippen molar-refractivity contribution in [2.75, 3.05) is 32.7 Å². The van der Waals surface area contributed by atoms with Crippen LogP contribution in [0.15, 0.2) is 0 Å². The van der Waals surface area contributed by atoms with Crippen molar-refractivity contribution in [2.24, 2.45) is 0 Å². The lowest BCUT2D eigenvalue weighted by atomic mass is 10.5. The molecule has 0 aromatic heterocycles. The van der Waals surface area contributed by atoms with E-state index in [1.165, 1.54) is 4.90 Å². The summed E-state index contributed by atoms with van der Waals surface area (Å²) in [6.45, 7) is 5.30. The van der Waals surface area contributed by atoms with Gasteiger partial charge in [-0.2, -0.15) is 0 Å². The Hall–Kier alpha value is -0.320. The van der Waals surface area contributed by atoms with Gasteiger partial charge in [0, 0.05) is 20.3 Å². The first-order chi connectivity index (χ1) is 6.65. The van der Waals surface area contributed by atoms with Gasteiger partial charge in [-0.15, -0.1) is 11.6 Å². The minimum absolute atomic E-state index is 0.0124. The number of hydrogen-bond donors (Lipinski definition) is 0. The Kier molecular flexibility index (Phi) is 7.84. The minimum atomic E-state index is -0.359. The predicted molar refractivity (Wildman–Crippen MR) is 55.4 cm³/mol. The maximum atomic E-state index is 11.1. The van der Waals surface area contributed by atoms with E-state index in [2.05, 4.69) is 0 Å². The summed E-state index contributed by atoms with van der Waals surface area (Å²) in [4.78, 5) is 12.6. The van der Waals surface area contributed by atoms with Gasteiger partial charge in [0.1, 0.15) is 5.88 Å². The van der Waals surface area contributed by atoms with E-state index in [0.717, 1.165) is 0 Å². The zero-order chi connectivity index (χ0) is 11.0. The number of alkyl halides is 1. The second-order valence-electron chi connectivity index (χ2n) is 2.75. The molecule has 1 amide bonds. The third-order valence-electron chi connectivity index (χ3n) is 1.67. The summed E-state index contributed by atoms with van der Waals surface area (Å²) in [6.07, 6.45) is -0.359. The van der Waals surface area contributed by atoms with E-state index in [4.69, 9.17) is 21.1 Å². The summed E-state index contributed by atoms with van der Waals surface area (Å²) in [7, 11) is 1.68. The number of likely N-dealkylation sites (N-methyl/N-ethyl adjacent to an activating group) is 1. The topological polar surface area (TPSA) is 38.8 Å². The van der Waals surface area contributed by atoms with Crippen LogP contribution in [0.2, 0.25) is 0 Å². The molecule has 0 saturated heterocycles. The summed E-state index contributed by atoms with van der Waals surface area (Å²) in [5, 5.41) is 0. The molecule has 0 aromatic carbocycles. The predicted octanol–water partition coefficient (Wildman–Crippen LogP) is 1.08. The highest BCUT2D eigenvalue weighted by molar-refractivity contribution is 6.27. The number of carbonyl (C=O) groups excluding carboxylic acids is 1. The molecule has 14 heavy (non-hydrogen) atoms. The van der Waals surface area contributed by atoms with Crippen LogP contribution in [0.4, 0.5) is 0 Å². The van der Waals surface area contributed by atoms with Crippen LogP contribution in [0.25, 0.3) is 0 Å². The highest BCUT2D eigenvalue weighted by Crippen LogP contribution is 1.99. The molecule has 0 aliphatic carbocycles. The molecular formula is C9H18ClNO3. The zero-order valence-corrected chi connectivity index (χ0v) is 9.71. The van der Waals surface area contributed by atoms with Crippen LogP contribution in [-0.4, -0.2) is 49.8 Å². The maximum absolute atomic E-state index is 11.1. The van der Waals surface area contributed by atoms with Gasteiger partial charge in [0.25, 0.3) is 0 Å². The molecule has 0 radical (unpaired) electrons. The Morgan fingerprint density at radius 2 is 1.86 bits per heavy atom. The van der Waals surface area contributed by atoms with Crippen molar-refractivity contribution in [3.05, 3.63) is 0 Å². The molecule has 0 saturated carbocycles. The number of ether oxygens (including phenoxy) is 2. The third kappa shape index (κ3) is 5.42. The smallest absolute Gasteiger partial charge is 0.237 e. The molecule has 0 aromatic rings. The van der Waals surface area contributed by atoms with Gasteiger partial charge in [-0.3, -0.25) is 4.79 Å². The van der Waals surface area contributed by atoms with Gasteiger partial charge in [0.2, 0.25) is 5.91 Å². The fraction of sp³-hybridized carbons (Fsp3) is 0.889. The fourth-order valence-corrected chi connectivity index (χ4v) is 1.16. The van der Waals surface area contributed by atoms with Gasteiger partial charge >= 0.3 is 0 Å². The first kappa shape index (κ1) is 13.7. The number of hydrogen-bond acceptors (Lipinski definition) is 3. The lowest BCUT2D eigenvalue weighted by Gasteiger charge is -2.23. The maximum Gasteiger partial charge on any atom is 0.237 e. The largest absolute Gasteiger partial charge is 0.351 e. The van der Waals surface area contributed by atoms with Crippen molar-refractivity contribution < 1.29 is 14.3 Å². The summed E-state index contributed by atoms with van der Waals surface area (Å²) in [5.74, 6) is -0.141. The molecule has 84 valence electrons. The average Bonchev–Trinajstić information content (AvgIpc) is 2.17. The first-order valence-electron chi connectivity index (χ1n) is 4.68. The van der Waals surface area contributed by atoms with Crippen LogP contribution < -0.4 is 0 Å². The van der Waals surface area contributed by atoms with E-state index in [-0.39, 0.29) is 18.1 Å². The van der Waals surface area contributed by atoms with Gasteiger partial charge in [0.15, 0.2) is 6.29 Å². The van der Waals surface area contributed by atoms with Crippen LogP contribution in [0, 0.1) is 0 Å². The minimum Gasteiger partial charge on any atom is -0.351 e. The standard InChI is InChI=1S/C9H18ClNO3/c1-4-13-9(14-5-2)7-11(3)8(12)6-10/h9H,4-7H2,1-3H3. The van der Waals surface area contributed by atoms with Gasteiger partial charge in [-0.05, 0) is 13.8 Å². The van der Waals surface area contributed by atoms with Crippen molar-refractivity contribution in [1.82, 2.24) is 4.90 Å². The van der Waals surface area contributed by atoms with Crippen LogP contribution in [0.3, 0.4) is 0 Å². The normalized spacial score (nSPS) is 10.6. The van der Waals surface area contributed by atoms with Crippen LogP contribution in [-0.2, 0) is 14.3 Å². The Balaban J connectivity index is 3.94. The van der Waals surface area contributed by atoms with E-state index in [9.17, 15) is 4.79 Å². The Labute approximate surface area is 90.1 Å². The Morgan fingerprint density at radius 1 is 1.36 bits per heavy atom. The van der Waals surface area contributed by atoms with E-state index in [0.29, 0.717) is 19.8 Å². The molecule has 4 nitrogen and oxygen atoms in total. The number of nitrogens with zero attached hydrogens (tertiary/aromatic N) is 1. The molecule has 0 heterocycles. The van der Waals surface area contributed by atoms with Gasteiger partial charge in [-0.1, -0.05) is 0 Å². The summed E-state index contributed by atoms with van der Waals surface area (Å²) in [5.41, 5.74) is 0. The van der Waals surface area contributed by atoms with Crippen LogP contribution in [0.1, 0.15) is 13.8 Å². The molecule has 0 unspecified atom stereocenters. The number of halogens is 1. The van der Waals surface area contributed by atoms with E-state index in [1.54, 1.807) is 7.05 Å². The van der Waals surface area contributed by atoms with Crippen molar-refractivity contribution in [1.29, 1.82) is 0 Å². The SMILES string of the molecule is CCOC(CN(C)C(=O)CCl)OCC. The zero-order valence-electron chi connectivity index (χ0n) is 8.96. The molecule has 0 rings (SSSR count). The lowest BCUT2D eigenvalue weighted by Crippen LogP contribution is -2.37. The monoisotopic (exact) mass is 223 g/mol. The summed E-state index contributed by atoms with van der Waals surface area (Å²) >= 11 is 5.41. The third-order valence-corrected chi connectivity index (χ3v) is 1.90. The Bertz CT molecular complexity index is 160. The summed E-state index contributed by atoms with van der Waals surface area (Å²) < 4.78 is 10.6. The van der Waals surface area contributed by atoms with Crippen LogP contribution >= 0.6 is 11.6 Å². The first-order valence-corrected chi connectivity index (χ1v) is 5.22. The molecule has 0 aliphatic heterocycles. The van der Waals surface area contributed by atoms with Crippen molar-refractivity contribution in [2.45, 2.75) is 20.1 Å². The average molecular weight is 224 g/mol. The lowest BCUT2D eigenvalue weighted by molar-refractivity contribution is -0.155. The number of carbonyl (C=O) groups is 1. The van der Waals surface area contributed by atoms with Gasteiger partial charge in [-0.25, -0.2) is 0 Å². The van der Waals surface area contributed by atoms with Crippen LogP contribution in [0.5, 0.6) is 0 Å². The molecular weight excluding hydrogens is 206 g/mol. The quantitative estimate of drug-likeness (QED) is 0.479. The van der Waals surface area contributed by atoms with E-state index < -0.39 is 0 Å². The van der Waals surface area contributed by atoms with Gasteiger partial charge < -0.3 is 14.4 Å². The highest BCUT2D eigenvalue weighted by atomic mass is 35.5. The van der Waals surface area contributed by atoms with Crippen molar-refractivity contribution in [3.63, 3.8) is 0 Å². The highest BCUT2D eigenvalue weighted by Gasteiger charge is 2.14. The number of rotatable bonds is 7. The van der Waals surface area contributed by atoms with Crippen molar-refractivity contribution >= 4 is 17.5 Å². The molecule has 5 heteroatoms. The summed E-state index contributed by atoms with van der Waals surface area (Å²) in [6, 6.07) is 0. The molecule has 0 aliphatic rings. The van der Waals surface area contributed by atoms with E-state index >= 15 is 0 Å². The molecule has 0 spiro atoms. The second kappa shape index (κ2) is 8.03. The second-order valence-corrected chi connectivity index (χ2v) is 3.02. The molecule has 0 atom stereocenters. The van der Waals surface area contributed by atoms with Gasteiger partial charge in [0.05, 0.1) is 6.54 Å². The molecule has 0 N–H and O–H groups in total. The van der Waals surface area contributed by atoms with Crippen molar-refractivity contribution in [3.8, 4) is 0 Å². The number of amides is 1. The van der Waals surface area contributed by atoms with E-state index in [1.807, 2.05) is 13.8 Å². The Morgan fingerprint density at radius 3 is 2.21 bits per heavy atom. The molecule has 0 fully saturated rings.